The molecule has 3 nitrogen and oxygen atoms in total. The van der Waals surface area contributed by atoms with Gasteiger partial charge in [0.2, 0.25) is 0 Å². The van der Waals surface area contributed by atoms with Gasteiger partial charge in [-0.15, -0.1) is 0 Å². The molecule has 0 aliphatic rings. The second kappa shape index (κ2) is 6.69. The summed E-state index contributed by atoms with van der Waals surface area (Å²) >= 11 is 15.3. The predicted octanol–water partition coefficient (Wildman–Crippen LogP) is 4.61. The number of benzene rings is 2. The Kier molecular flexibility index (Phi) is 5.14. The zero-order chi connectivity index (χ0) is 15.6. The van der Waals surface area contributed by atoms with E-state index >= 15 is 0 Å². The van der Waals surface area contributed by atoms with Crippen LogP contribution in [0, 0.1) is 0 Å². The van der Waals surface area contributed by atoms with Crippen LogP contribution in [0.3, 0.4) is 0 Å². The zero-order valence-electron chi connectivity index (χ0n) is 11.2. The van der Waals surface area contributed by atoms with Gasteiger partial charge in [-0.25, -0.2) is 0 Å². The number of carbonyl (C=O) groups is 1. The van der Waals surface area contributed by atoms with Crippen LogP contribution in [0.1, 0.15) is 15.9 Å². The van der Waals surface area contributed by atoms with E-state index in [1.54, 1.807) is 42.3 Å². The van der Waals surface area contributed by atoms with Crippen molar-refractivity contribution in [1.82, 2.24) is 4.90 Å². The molecule has 0 atom stereocenters. The number of hydrogen-bond acceptors (Lipinski definition) is 2. The van der Waals surface area contributed by atoms with Crippen molar-refractivity contribution in [2.45, 2.75) is 6.54 Å². The van der Waals surface area contributed by atoms with Gasteiger partial charge < -0.3 is 10.6 Å². The molecular weight excluding hydrogens is 375 g/mol. The summed E-state index contributed by atoms with van der Waals surface area (Å²) in [6.45, 7) is 0.390. The Hall–Kier alpha value is -1.23. The van der Waals surface area contributed by atoms with E-state index in [0.717, 1.165) is 10.0 Å². The molecule has 0 aromatic heterocycles. The normalized spacial score (nSPS) is 10.5. The van der Waals surface area contributed by atoms with E-state index in [4.69, 9.17) is 28.9 Å². The molecule has 0 heterocycles. The first-order valence-electron chi connectivity index (χ1n) is 6.12. The van der Waals surface area contributed by atoms with E-state index in [2.05, 4.69) is 15.9 Å². The highest BCUT2D eigenvalue weighted by Crippen LogP contribution is 2.23. The van der Waals surface area contributed by atoms with Gasteiger partial charge in [-0.1, -0.05) is 45.2 Å². The van der Waals surface area contributed by atoms with E-state index in [1.807, 2.05) is 6.07 Å². The maximum absolute atomic E-state index is 12.4. The van der Waals surface area contributed by atoms with Crippen molar-refractivity contribution in [2.75, 3.05) is 12.8 Å². The first-order valence-corrected chi connectivity index (χ1v) is 7.67. The highest BCUT2D eigenvalue weighted by molar-refractivity contribution is 9.10. The average molecular weight is 388 g/mol. The van der Waals surface area contributed by atoms with Crippen molar-refractivity contribution in [3.8, 4) is 0 Å². The lowest BCUT2D eigenvalue weighted by Gasteiger charge is -2.18. The van der Waals surface area contributed by atoms with Crippen molar-refractivity contribution in [1.29, 1.82) is 0 Å². The molecule has 0 spiro atoms. The predicted molar refractivity (Wildman–Crippen MR) is 90.8 cm³/mol. The number of anilines is 1. The third-order valence-corrected chi connectivity index (χ3v) is 3.98. The van der Waals surface area contributed by atoms with Crippen LogP contribution in [-0.2, 0) is 6.54 Å². The van der Waals surface area contributed by atoms with Gasteiger partial charge in [-0.3, -0.25) is 4.79 Å². The van der Waals surface area contributed by atoms with Crippen molar-refractivity contribution < 1.29 is 4.79 Å². The Morgan fingerprint density at radius 2 is 1.95 bits per heavy atom. The molecule has 110 valence electrons. The lowest BCUT2D eigenvalue weighted by Crippen LogP contribution is -2.26. The van der Waals surface area contributed by atoms with E-state index in [9.17, 15) is 4.79 Å². The molecule has 0 fully saturated rings. The first-order chi connectivity index (χ1) is 9.86. The highest BCUT2D eigenvalue weighted by atomic mass is 79.9. The van der Waals surface area contributed by atoms with Crippen LogP contribution < -0.4 is 5.73 Å². The molecule has 0 aliphatic heterocycles. The van der Waals surface area contributed by atoms with Gasteiger partial charge in [0.05, 0.1) is 0 Å². The van der Waals surface area contributed by atoms with Gasteiger partial charge in [-0.2, -0.15) is 0 Å². The third kappa shape index (κ3) is 4.13. The van der Waals surface area contributed by atoms with Crippen molar-refractivity contribution in [3.63, 3.8) is 0 Å². The molecule has 0 unspecified atom stereocenters. The largest absolute Gasteiger partial charge is 0.399 e. The lowest BCUT2D eigenvalue weighted by molar-refractivity contribution is 0.0785. The molecule has 2 rings (SSSR count). The number of nitrogen functional groups attached to an aromatic ring is 1. The second-order valence-electron chi connectivity index (χ2n) is 4.67. The fraction of sp³-hybridized carbons (Fsp3) is 0.133. The van der Waals surface area contributed by atoms with Crippen molar-refractivity contribution in [3.05, 3.63) is 62.0 Å². The summed E-state index contributed by atoms with van der Waals surface area (Å²) < 4.78 is 0.767. The molecule has 0 bridgehead atoms. The minimum Gasteiger partial charge on any atom is -0.399 e. The van der Waals surface area contributed by atoms with E-state index in [-0.39, 0.29) is 5.91 Å². The Labute approximate surface area is 141 Å². The Morgan fingerprint density at radius 3 is 2.57 bits per heavy atom. The topological polar surface area (TPSA) is 46.3 Å². The van der Waals surface area contributed by atoms with Gasteiger partial charge in [0.25, 0.3) is 5.91 Å². The van der Waals surface area contributed by atoms with Gasteiger partial charge in [0, 0.05) is 39.4 Å². The number of hydrogen-bond donors (Lipinski definition) is 1. The zero-order valence-corrected chi connectivity index (χ0v) is 14.3. The van der Waals surface area contributed by atoms with E-state index in [1.165, 1.54) is 0 Å². The van der Waals surface area contributed by atoms with E-state index < -0.39 is 0 Å². The fourth-order valence-corrected chi connectivity index (χ4v) is 2.91. The van der Waals surface area contributed by atoms with E-state index in [0.29, 0.717) is 27.8 Å². The van der Waals surface area contributed by atoms with Crippen LogP contribution in [0.4, 0.5) is 5.69 Å². The van der Waals surface area contributed by atoms with Crippen LogP contribution >= 0.6 is 39.1 Å². The van der Waals surface area contributed by atoms with Gasteiger partial charge in [0.15, 0.2) is 0 Å². The summed E-state index contributed by atoms with van der Waals surface area (Å²) in [5.41, 5.74) is 7.64. The third-order valence-electron chi connectivity index (χ3n) is 2.94. The quantitative estimate of drug-likeness (QED) is 0.781. The summed E-state index contributed by atoms with van der Waals surface area (Å²) in [6, 6.07) is 10.3. The minimum atomic E-state index is -0.131. The summed E-state index contributed by atoms with van der Waals surface area (Å²) in [5, 5.41) is 1.10. The number of amides is 1. The Bertz CT molecular complexity index is 671. The fourth-order valence-electron chi connectivity index (χ4n) is 1.93. The van der Waals surface area contributed by atoms with Gasteiger partial charge in [-0.05, 0) is 35.9 Å². The molecular formula is C15H13BrCl2N2O. The minimum absolute atomic E-state index is 0.131. The molecule has 0 aliphatic carbocycles. The molecule has 2 aromatic carbocycles. The lowest BCUT2D eigenvalue weighted by atomic mass is 10.1. The molecule has 21 heavy (non-hydrogen) atoms. The Morgan fingerprint density at radius 1 is 1.24 bits per heavy atom. The monoisotopic (exact) mass is 386 g/mol. The number of carbonyl (C=O) groups excluding carboxylic acids is 1. The summed E-state index contributed by atoms with van der Waals surface area (Å²) in [4.78, 5) is 14.0. The standard InChI is InChI=1S/C15H13BrCl2N2O/c1-20(8-9-2-3-12(17)7-14(9)18)15(21)10-4-11(16)6-13(19)5-10/h2-7H,8,19H2,1H3. The summed E-state index contributed by atoms with van der Waals surface area (Å²) in [7, 11) is 1.71. The molecule has 1 amide bonds. The van der Waals surface area contributed by atoms with Crippen LogP contribution in [0.2, 0.25) is 10.0 Å². The second-order valence-corrected chi connectivity index (χ2v) is 6.43. The molecule has 0 radical (unpaired) electrons. The molecule has 0 saturated carbocycles. The maximum atomic E-state index is 12.4. The first kappa shape index (κ1) is 16.1. The molecule has 2 N–H and O–H groups in total. The van der Waals surface area contributed by atoms with Crippen LogP contribution in [0.15, 0.2) is 40.9 Å². The summed E-state index contributed by atoms with van der Waals surface area (Å²) in [5.74, 6) is -0.131. The number of nitrogens with two attached hydrogens (primary N) is 1. The van der Waals surface area contributed by atoms with Gasteiger partial charge in [0.1, 0.15) is 0 Å². The number of nitrogens with zero attached hydrogens (tertiary/aromatic N) is 1. The molecule has 0 saturated heterocycles. The summed E-state index contributed by atoms with van der Waals surface area (Å²) in [6.07, 6.45) is 0. The van der Waals surface area contributed by atoms with Crippen LogP contribution in [0.25, 0.3) is 0 Å². The maximum Gasteiger partial charge on any atom is 0.254 e. The Balaban J connectivity index is 2.19. The van der Waals surface area contributed by atoms with Crippen LogP contribution in [-0.4, -0.2) is 17.9 Å². The SMILES string of the molecule is CN(Cc1ccc(Cl)cc1Cl)C(=O)c1cc(N)cc(Br)c1. The smallest absolute Gasteiger partial charge is 0.254 e. The van der Waals surface area contributed by atoms with Crippen molar-refractivity contribution >= 4 is 50.7 Å². The molecule has 6 heteroatoms. The average Bonchev–Trinajstić information content (AvgIpc) is 2.40. The number of halogens is 3. The molecule has 2 aromatic rings. The van der Waals surface area contributed by atoms with Crippen molar-refractivity contribution in [2.24, 2.45) is 0 Å². The van der Waals surface area contributed by atoms with Gasteiger partial charge >= 0.3 is 0 Å². The highest BCUT2D eigenvalue weighted by Gasteiger charge is 2.14. The number of rotatable bonds is 3. The van der Waals surface area contributed by atoms with Crippen LogP contribution in [0.5, 0.6) is 0 Å².